The fourth-order valence-corrected chi connectivity index (χ4v) is 11.3. The molecule has 0 spiro atoms. The molecule has 18 heteroatoms. The maximum atomic E-state index is 12.9. The second-order valence-corrected chi connectivity index (χ2v) is 34.5. The molecule has 15 nitrogen and oxygen atoms in total. The molecule has 3 atom stereocenters. The Morgan fingerprint density at radius 2 is 0.826 bits per heavy atom. The van der Waals surface area contributed by atoms with Gasteiger partial charge < -0.3 is 34.9 Å². The second kappa shape index (κ2) is 33.1. The lowest BCUT2D eigenvalue weighted by molar-refractivity contribution is -0.128. The van der Waals surface area contributed by atoms with E-state index in [-0.39, 0.29) is 44.1 Å². The molecular weight excluding hydrogens is 1220 g/mol. The number of ketones is 3. The molecule has 3 unspecified atom stereocenters. The molecule has 0 amide bonds. The normalized spacial score (nSPS) is 15.1. The van der Waals surface area contributed by atoms with Crippen LogP contribution in [0.2, 0.25) is 0 Å². The van der Waals surface area contributed by atoms with E-state index in [9.17, 15) is 53.2 Å². The van der Waals surface area contributed by atoms with Crippen LogP contribution in [0, 0.1) is 0 Å². The van der Waals surface area contributed by atoms with Crippen LogP contribution in [0.4, 0.5) is 0 Å². The Balaban J connectivity index is 0.000000690. The fourth-order valence-electron chi connectivity index (χ4n) is 9.84. The van der Waals surface area contributed by atoms with E-state index in [1.807, 2.05) is 75.4 Å². The zero-order valence-electron chi connectivity index (χ0n) is 60.8. The van der Waals surface area contributed by atoms with Gasteiger partial charge in [0.1, 0.15) is 34.1 Å². The highest BCUT2D eigenvalue weighted by atomic mass is 31.2. The van der Waals surface area contributed by atoms with Gasteiger partial charge in [0.05, 0.1) is 0 Å². The van der Waals surface area contributed by atoms with Crippen molar-refractivity contribution in [1.29, 1.82) is 0 Å². The van der Waals surface area contributed by atoms with Crippen LogP contribution in [0.1, 0.15) is 270 Å². The zero-order chi connectivity index (χ0) is 72.2. The fraction of sp³-hybridized carbons (Fsp3) is 0.554. The van der Waals surface area contributed by atoms with E-state index in [0.29, 0.717) is 47.7 Å². The van der Waals surface area contributed by atoms with E-state index in [0.717, 1.165) is 73.2 Å². The Morgan fingerprint density at radius 3 is 1.11 bits per heavy atom. The number of aromatic hydroxyl groups is 3. The Bertz CT molecular complexity index is 3300. The average molecular weight is 1340 g/mol. The van der Waals surface area contributed by atoms with Crippen LogP contribution in [-0.4, -0.2) is 69.1 Å². The van der Waals surface area contributed by atoms with Crippen LogP contribution < -0.4 is 0 Å². The van der Waals surface area contributed by atoms with E-state index >= 15 is 0 Å². The van der Waals surface area contributed by atoms with Crippen molar-refractivity contribution in [3.05, 3.63) is 140 Å². The summed E-state index contributed by atoms with van der Waals surface area (Å²) in [5, 5.41) is 31.0. The molecular formula is C74H115O15P3. The monoisotopic (exact) mass is 1340 g/mol. The van der Waals surface area contributed by atoms with Crippen molar-refractivity contribution in [2.45, 2.75) is 269 Å². The molecule has 92 heavy (non-hydrogen) atoms. The van der Waals surface area contributed by atoms with Gasteiger partial charge in [0, 0.05) is 33.4 Å². The van der Waals surface area contributed by atoms with Crippen LogP contribution in [0.3, 0.4) is 0 Å². The van der Waals surface area contributed by atoms with Crippen molar-refractivity contribution in [3.63, 3.8) is 0 Å². The first kappa shape index (κ1) is 85.0. The third-order valence-electron chi connectivity index (χ3n) is 15.9. The average Bonchev–Trinajstić information content (AvgIpc) is 0.798. The van der Waals surface area contributed by atoms with Crippen LogP contribution in [0.25, 0.3) is 16.7 Å². The van der Waals surface area contributed by atoms with Crippen LogP contribution >= 0.6 is 24.1 Å². The van der Waals surface area contributed by atoms with Crippen molar-refractivity contribution in [2.75, 3.05) is 0 Å². The summed E-state index contributed by atoms with van der Waals surface area (Å²) in [7, 11) is -11.0. The first-order chi connectivity index (χ1) is 41.4. The number of carbonyl (C=O) groups excluding carboxylic acids is 3. The minimum atomic E-state index is -4.60. The molecule has 3 aromatic carbocycles. The number of phenolic OH excluding ortho intramolecular Hbond substituents is 3. The molecule has 0 bridgehead atoms. The number of carbonyl (C=O) groups is 3. The van der Waals surface area contributed by atoms with E-state index in [4.69, 9.17) is 18.8 Å². The lowest BCUT2D eigenvalue weighted by Crippen LogP contribution is -2.33. The van der Waals surface area contributed by atoms with E-state index in [1.54, 1.807) is 39.0 Å². The molecule has 516 valence electrons. The molecule has 0 aliphatic heterocycles. The summed E-state index contributed by atoms with van der Waals surface area (Å²) >= 11 is 0. The number of hydrogen-bond donors (Lipinski definition) is 7. The summed E-state index contributed by atoms with van der Waals surface area (Å²) in [6.07, 6.45) is 13.2. The Kier molecular flexibility index (Phi) is 30.6. The predicted octanol–water partition coefficient (Wildman–Crippen LogP) is 18.8. The van der Waals surface area contributed by atoms with Crippen LogP contribution in [-0.2, 0) is 69.6 Å². The standard InChI is InChI=1S/C26H41O5P.2C24H37O5P/c1-11-17(13-14-18(12-2)23(28)26(9,10)32(29,30)31)19-15-20(24(3,4)5)22(27)21(16-19)25(6,7)8;1-15(11-12-16(2)21(26)24(9,10)29-30(27)28)17-13-18(22(3,4)5)20(25)19(14-17)23(6,7)8;1-9-16(12-11-13-20(25)21(10-2)29-30(27)28)17-14-18(23(3,4)5)22(26)19(15-17)24(6,7)8/h13-16,27H,11-12H2,1-10H3,(H2,29,30,31);11-14,25,30H,1-10H3,(H,27,28);11-15,21,26,30H,9-10H2,1-8H3,(H,27,28). The molecule has 0 saturated carbocycles. The van der Waals surface area contributed by atoms with Gasteiger partial charge in [0.15, 0.2) is 17.3 Å². The van der Waals surface area contributed by atoms with E-state index < -0.39 is 46.7 Å². The second-order valence-electron chi connectivity index (χ2n) is 30.8. The predicted molar refractivity (Wildman–Crippen MR) is 382 cm³/mol. The highest BCUT2D eigenvalue weighted by Gasteiger charge is 2.45. The SMILES string of the molecule is CC(=CC=C(C)c1cc(C(C)(C)C)c(O)c(C(C)(C)C)c1)C(=O)C(C)(C)O[PH](=O)O.CCC(=CC=C(CC)c1cc(C(C)(C)C)c(O)c(C(C)(C)C)c1)C(=O)C(C)(C)P(=O)(O)O.CCC(=CC=CC(=O)C(CC)O[PH](=O)O)c1cc(C(C)(C)C)c(O)c(C(C)(C)C)c1. The topological polar surface area (TPSA) is 262 Å². The highest BCUT2D eigenvalue weighted by molar-refractivity contribution is 7.54. The first-order valence-corrected chi connectivity index (χ1v) is 35.8. The van der Waals surface area contributed by atoms with Crippen LogP contribution in [0.5, 0.6) is 17.2 Å². The van der Waals surface area contributed by atoms with Gasteiger partial charge in [0.25, 0.3) is 0 Å². The van der Waals surface area contributed by atoms with Gasteiger partial charge >= 0.3 is 24.1 Å². The largest absolute Gasteiger partial charge is 0.507 e. The Labute approximate surface area is 553 Å². The quantitative estimate of drug-likeness (QED) is 0.0297. The summed E-state index contributed by atoms with van der Waals surface area (Å²) in [6, 6.07) is 12.0. The molecule has 0 aromatic heterocycles. The van der Waals surface area contributed by atoms with Gasteiger partial charge in [-0.2, -0.15) is 0 Å². The van der Waals surface area contributed by atoms with Gasteiger partial charge in [-0.3, -0.25) is 37.1 Å². The third-order valence-corrected chi connectivity index (χ3v) is 18.7. The number of allylic oxidation sites excluding steroid dienone is 10. The summed E-state index contributed by atoms with van der Waals surface area (Å²) < 4.78 is 43.4. The maximum Gasteiger partial charge on any atom is 0.338 e. The number of phenols is 3. The summed E-state index contributed by atoms with van der Waals surface area (Å²) in [5.41, 5.74) is 9.12. The molecule has 0 fully saturated rings. The third kappa shape index (κ3) is 24.3. The van der Waals surface area contributed by atoms with E-state index in [1.165, 1.54) is 33.8 Å². The molecule has 0 aliphatic carbocycles. The van der Waals surface area contributed by atoms with Crippen molar-refractivity contribution in [1.82, 2.24) is 0 Å². The van der Waals surface area contributed by atoms with Crippen molar-refractivity contribution in [2.24, 2.45) is 0 Å². The lowest BCUT2D eigenvalue weighted by Gasteiger charge is -2.28. The Hall–Kier alpha value is -5.04. The first-order valence-electron chi connectivity index (χ1n) is 31.7. The smallest absolute Gasteiger partial charge is 0.338 e. The van der Waals surface area contributed by atoms with Crippen LogP contribution in [0.15, 0.2) is 90.1 Å². The summed E-state index contributed by atoms with van der Waals surface area (Å²) in [4.78, 5) is 74.9. The molecule has 0 aliphatic rings. The van der Waals surface area contributed by atoms with Crippen molar-refractivity contribution in [3.8, 4) is 17.2 Å². The van der Waals surface area contributed by atoms with E-state index in [2.05, 4.69) is 125 Å². The van der Waals surface area contributed by atoms with Crippen molar-refractivity contribution < 1.29 is 72.0 Å². The molecule has 0 radical (unpaired) electrons. The number of benzene rings is 3. The van der Waals surface area contributed by atoms with Gasteiger partial charge in [0.2, 0.25) is 0 Å². The maximum absolute atomic E-state index is 12.9. The Morgan fingerprint density at radius 1 is 0.489 bits per heavy atom. The number of rotatable bonds is 21. The molecule has 3 aromatic rings. The summed E-state index contributed by atoms with van der Waals surface area (Å²) in [5.74, 6) is -0.263. The minimum Gasteiger partial charge on any atom is -0.507 e. The number of Topliss-reactive ketones (excluding diaryl/α,β-unsaturated/α-hetero) is 2. The van der Waals surface area contributed by atoms with Gasteiger partial charge in [-0.05, 0) is 187 Å². The zero-order valence-corrected chi connectivity index (χ0v) is 63.6. The van der Waals surface area contributed by atoms with Crippen molar-refractivity contribution >= 4 is 58.2 Å². The molecule has 0 saturated heterocycles. The molecule has 0 heterocycles. The van der Waals surface area contributed by atoms with Gasteiger partial charge in [-0.15, -0.1) is 0 Å². The highest BCUT2D eigenvalue weighted by Crippen LogP contribution is 2.52. The minimum absolute atomic E-state index is 0.224. The lowest BCUT2D eigenvalue weighted by atomic mass is 9.77. The molecule has 7 N–H and O–H groups in total. The van der Waals surface area contributed by atoms with Gasteiger partial charge in [-0.1, -0.05) is 189 Å². The molecule has 3 rings (SSSR count). The summed E-state index contributed by atoms with van der Waals surface area (Å²) in [6.45, 7) is 53.9. The van der Waals surface area contributed by atoms with Gasteiger partial charge in [-0.25, -0.2) is 0 Å². The number of hydrogen-bond acceptors (Lipinski definition) is 11.